The van der Waals surface area contributed by atoms with E-state index in [1.54, 1.807) is 29.6 Å². The molecular formula is C17H13F2N3O3S2. The number of hydrogen-bond acceptors (Lipinski definition) is 5. The molecule has 3 rings (SSSR count). The summed E-state index contributed by atoms with van der Waals surface area (Å²) in [6.45, 7) is 1.40. The molecule has 0 fully saturated rings. The molecule has 3 aromatic rings. The minimum atomic E-state index is -4.32. The highest BCUT2D eigenvalue weighted by Crippen LogP contribution is 2.28. The Labute approximate surface area is 157 Å². The van der Waals surface area contributed by atoms with Crippen molar-refractivity contribution in [2.75, 3.05) is 10.0 Å². The van der Waals surface area contributed by atoms with E-state index in [1.165, 1.54) is 6.92 Å². The smallest absolute Gasteiger partial charge is 0.266 e. The van der Waals surface area contributed by atoms with Gasteiger partial charge in [0.15, 0.2) is 5.13 Å². The van der Waals surface area contributed by atoms with E-state index < -0.39 is 26.6 Å². The van der Waals surface area contributed by atoms with Gasteiger partial charge in [0.25, 0.3) is 10.0 Å². The fraction of sp³-hybridized carbons (Fsp3) is 0.0588. The number of nitrogens with one attached hydrogen (secondary N) is 2. The molecule has 0 saturated carbocycles. The first-order valence-corrected chi connectivity index (χ1v) is 9.92. The number of halogens is 2. The van der Waals surface area contributed by atoms with E-state index in [-0.39, 0.29) is 11.0 Å². The van der Waals surface area contributed by atoms with Crippen molar-refractivity contribution in [2.45, 2.75) is 11.8 Å². The van der Waals surface area contributed by atoms with Crippen LogP contribution in [0, 0.1) is 11.6 Å². The van der Waals surface area contributed by atoms with E-state index in [0.29, 0.717) is 23.0 Å². The topological polar surface area (TPSA) is 88.2 Å². The predicted molar refractivity (Wildman–Crippen MR) is 99.0 cm³/mol. The summed E-state index contributed by atoms with van der Waals surface area (Å²) in [6, 6.07) is 8.97. The van der Waals surface area contributed by atoms with E-state index in [2.05, 4.69) is 15.0 Å². The predicted octanol–water partition coefficient (Wildman–Crippen LogP) is 3.85. The minimum absolute atomic E-state index is 0.0135. The molecule has 6 nitrogen and oxygen atoms in total. The molecule has 140 valence electrons. The van der Waals surface area contributed by atoms with Crippen molar-refractivity contribution in [3.05, 3.63) is 59.5 Å². The van der Waals surface area contributed by atoms with Crippen molar-refractivity contribution in [1.29, 1.82) is 0 Å². The van der Waals surface area contributed by atoms with Crippen molar-refractivity contribution in [1.82, 2.24) is 4.98 Å². The fourth-order valence-corrected chi connectivity index (χ4v) is 4.30. The maximum Gasteiger partial charge on any atom is 0.266 e. The number of sulfonamides is 1. The van der Waals surface area contributed by atoms with Gasteiger partial charge in [0.1, 0.15) is 16.5 Å². The molecule has 0 radical (unpaired) electrons. The molecule has 1 heterocycles. The molecule has 0 bridgehead atoms. The molecular weight excluding hydrogens is 396 g/mol. The molecule has 0 atom stereocenters. The Kier molecular flexibility index (Phi) is 5.19. The van der Waals surface area contributed by atoms with Crippen molar-refractivity contribution in [3.63, 3.8) is 0 Å². The second kappa shape index (κ2) is 7.41. The van der Waals surface area contributed by atoms with Gasteiger partial charge in [-0.3, -0.25) is 9.52 Å². The highest BCUT2D eigenvalue weighted by molar-refractivity contribution is 7.93. The van der Waals surface area contributed by atoms with Gasteiger partial charge in [-0.25, -0.2) is 22.2 Å². The van der Waals surface area contributed by atoms with E-state index in [1.807, 2.05) is 0 Å². The van der Waals surface area contributed by atoms with Crippen LogP contribution in [0.25, 0.3) is 11.3 Å². The monoisotopic (exact) mass is 409 g/mol. The number of nitrogens with zero attached hydrogens (tertiary/aromatic N) is 1. The first kappa shape index (κ1) is 18.9. The van der Waals surface area contributed by atoms with Gasteiger partial charge in [-0.05, 0) is 30.3 Å². The lowest BCUT2D eigenvalue weighted by Crippen LogP contribution is -2.14. The van der Waals surface area contributed by atoms with E-state index >= 15 is 0 Å². The van der Waals surface area contributed by atoms with Crippen LogP contribution in [0.2, 0.25) is 0 Å². The maximum absolute atomic E-state index is 13.7. The molecule has 0 aliphatic carbocycles. The summed E-state index contributed by atoms with van der Waals surface area (Å²) in [4.78, 5) is 14.4. The van der Waals surface area contributed by atoms with Crippen LogP contribution in [0.1, 0.15) is 6.92 Å². The van der Waals surface area contributed by atoms with Gasteiger partial charge < -0.3 is 5.32 Å². The van der Waals surface area contributed by atoms with Crippen molar-refractivity contribution >= 4 is 38.1 Å². The Morgan fingerprint density at radius 2 is 1.81 bits per heavy atom. The van der Waals surface area contributed by atoms with Gasteiger partial charge in [-0.15, -0.1) is 11.3 Å². The summed E-state index contributed by atoms with van der Waals surface area (Å²) in [5, 5.41) is 4.26. The van der Waals surface area contributed by atoms with Gasteiger partial charge >= 0.3 is 0 Å². The largest absolute Gasteiger partial charge is 0.326 e. The molecule has 1 aromatic heterocycles. The van der Waals surface area contributed by atoms with Crippen LogP contribution in [0.4, 0.5) is 19.6 Å². The van der Waals surface area contributed by atoms with E-state index in [9.17, 15) is 22.0 Å². The normalized spacial score (nSPS) is 11.2. The summed E-state index contributed by atoms with van der Waals surface area (Å²) in [5.41, 5.74) is 1.80. The number of benzene rings is 2. The third kappa shape index (κ3) is 4.47. The van der Waals surface area contributed by atoms with Crippen molar-refractivity contribution in [3.8, 4) is 11.3 Å². The van der Waals surface area contributed by atoms with Crippen LogP contribution < -0.4 is 10.0 Å². The zero-order valence-electron chi connectivity index (χ0n) is 13.9. The van der Waals surface area contributed by atoms with Gasteiger partial charge in [0, 0.05) is 23.6 Å². The van der Waals surface area contributed by atoms with Crippen LogP contribution >= 0.6 is 11.3 Å². The average molecular weight is 409 g/mol. The summed E-state index contributed by atoms with van der Waals surface area (Å²) in [7, 11) is -4.32. The average Bonchev–Trinajstić information content (AvgIpc) is 3.05. The highest BCUT2D eigenvalue weighted by atomic mass is 32.2. The standard InChI is InChI=1S/C17H13F2N3O3S2/c1-10(23)20-13-5-2-11(3-6-13)15-9-26-17(21-15)22-27(24,25)16-8-12(18)4-7-14(16)19/h2-9H,1H3,(H,20,23)(H,21,22). The second-order valence-corrected chi connectivity index (χ2v) is 7.99. The number of amides is 1. The lowest BCUT2D eigenvalue weighted by Gasteiger charge is -2.06. The number of anilines is 2. The molecule has 2 aromatic carbocycles. The van der Waals surface area contributed by atoms with Crippen molar-refractivity contribution < 1.29 is 22.0 Å². The SMILES string of the molecule is CC(=O)Nc1ccc(-c2csc(NS(=O)(=O)c3cc(F)ccc3F)n2)cc1. The molecule has 10 heteroatoms. The number of rotatable bonds is 5. The summed E-state index contributed by atoms with van der Waals surface area (Å²) in [5.74, 6) is -2.12. The Balaban J connectivity index is 1.81. The first-order valence-electron chi connectivity index (χ1n) is 7.56. The van der Waals surface area contributed by atoms with E-state index in [0.717, 1.165) is 23.5 Å². The number of hydrogen-bond donors (Lipinski definition) is 2. The zero-order valence-corrected chi connectivity index (χ0v) is 15.5. The Bertz CT molecular complexity index is 1100. The lowest BCUT2D eigenvalue weighted by atomic mass is 10.1. The number of carbonyl (C=O) groups is 1. The molecule has 0 spiro atoms. The minimum Gasteiger partial charge on any atom is -0.326 e. The summed E-state index contributed by atoms with van der Waals surface area (Å²) < 4.78 is 53.7. The Morgan fingerprint density at radius 1 is 1.11 bits per heavy atom. The number of aromatic nitrogens is 1. The maximum atomic E-state index is 13.7. The summed E-state index contributed by atoms with van der Waals surface area (Å²) >= 11 is 1.00. The molecule has 0 aliphatic rings. The van der Waals surface area contributed by atoms with Crippen LogP contribution in [-0.2, 0) is 14.8 Å². The number of thiazole rings is 1. The van der Waals surface area contributed by atoms with Crippen molar-refractivity contribution in [2.24, 2.45) is 0 Å². The van der Waals surface area contributed by atoms with Gasteiger partial charge in [-0.1, -0.05) is 12.1 Å². The van der Waals surface area contributed by atoms with Crippen LogP contribution in [0.15, 0.2) is 52.7 Å². The lowest BCUT2D eigenvalue weighted by molar-refractivity contribution is -0.114. The molecule has 0 saturated heterocycles. The first-order chi connectivity index (χ1) is 12.7. The van der Waals surface area contributed by atoms with Gasteiger partial charge in [0.2, 0.25) is 5.91 Å². The van der Waals surface area contributed by atoms with E-state index in [4.69, 9.17) is 0 Å². The van der Waals surface area contributed by atoms with Crippen LogP contribution in [-0.4, -0.2) is 19.3 Å². The molecule has 0 unspecified atom stereocenters. The third-order valence-corrected chi connectivity index (χ3v) is 5.65. The highest BCUT2D eigenvalue weighted by Gasteiger charge is 2.21. The van der Waals surface area contributed by atoms with Gasteiger partial charge in [0.05, 0.1) is 5.69 Å². The fourth-order valence-electron chi connectivity index (χ4n) is 2.23. The molecule has 1 amide bonds. The molecule has 2 N–H and O–H groups in total. The third-order valence-electron chi connectivity index (χ3n) is 3.41. The zero-order chi connectivity index (χ0) is 19.6. The van der Waals surface area contributed by atoms with Gasteiger partial charge in [-0.2, -0.15) is 0 Å². The molecule has 27 heavy (non-hydrogen) atoms. The Hall–Kier alpha value is -2.85. The van der Waals surface area contributed by atoms with Crippen LogP contribution in [0.5, 0.6) is 0 Å². The van der Waals surface area contributed by atoms with Crippen LogP contribution in [0.3, 0.4) is 0 Å². The summed E-state index contributed by atoms with van der Waals surface area (Å²) in [6.07, 6.45) is 0. The Morgan fingerprint density at radius 3 is 2.48 bits per heavy atom. The quantitative estimate of drug-likeness (QED) is 0.670. The second-order valence-electron chi connectivity index (χ2n) is 5.48. The number of carbonyl (C=O) groups excluding carboxylic acids is 1. The molecule has 0 aliphatic heterocycles.